The van der Waals surface area contributed by atoms with Gasteiger partial charge in [0.25, 0.3) is 5.91 Å². The lowest BCUT2D eigenvalue weighted by Gasteiger charge is -2.07. The van der Waals surface area contributed by atoms with Gasteiger partial charge in [0.15, 0.2) is 0 Å². The van der Waals surface area contributed by atoms with Gasteiger partial charge in [0.05, 0.1) is 5.56 Å². The summed E-state index contributed by atoms with van der Waals surface area (Å²) in [6.07, 6.45) is 1.58. The molecule has 18 heavy (non-hydrogen) atoms. The SMILES string of the molecule is Cc1ccc(C(=O)Nc2ccc(Br)c(C)c2)cn1. The second kappa shape index (κ2) is 5.31. The molecule has 0 atom stereocenters. The lowest BCUT2D eigenvalue weighted by molar-refractivity contribution is 0.102. The van der Waals surface area contributed by atoms with E-state index in [0.717, 1.165) is 21.4 Å². The molecule has 4 heteroatoms. The van der Waals surface area contributed by atoms with Crippen LogP contribution in [0.25, 0.3) is 0 Å². The van der Waals surface area contributed by atoms with E-state index in [2.05, 4.69) is 26.2 Å². The molecule has 2 rings (SSSR count). The molecular formula is C14H13BrN2O. The van der Waals surface area contributed by atoms with Gasteiger partial charge in [-0.3, -0.25) is 9.78 Å². The first-order valence-corrected chi connectivity index (χ1v) is 6.36. The summed E-state index contributed by atoms with van der Waals surface area (Å²) in [6.45, 7) is 3.87. The number of hydrogen-bond acceptors (Lipinski definition) is 2. The Morgan fingerprint density at radius 2 is 2.00 bits per heavy atom. The third-order valence-corrected chi connectivity index (χ3v) is 3.48. The Bertz CT molecular complexity index is 579. The van der Waals surface area contributed by atoms with Crippen LogP contribution in [0.2, 0.25) is 0 Å². The van der Waals surface area contributed by atoms with Crippen molar-refractivity contribution < 1.29 is 4.79 Å². The standard InChI is InChI=1S/C14H13BrN2O/c1-9-7-12(5-6-13(9)15)17-14(18)11-4-3-10(2)16-8-11/h3-8H,1-2H3,(H,17,18). The van der Waals surface area contributed by atoms with Crippen molar-refractivity contribution in [2.45, 2.75) is 13.8 Å². The van der Waals surface area contributed by atoms with Crippen molar-refractivity contribution in [2.75, 3.05) is 5.32 Å². The van der Waals surface area contributed by atoms with Crippen molar-refractivity contribution in [1.29, 1.82) is 0 Å². The highest BCUT2D eigenvalue weighted by atomic mass is 79.9. The van der Waals surface area contributed by atoms with Crippen LogP contribution < -0.4 is 5.32 Å². The second-order valence-corrected chi connectivity index (χ2v) is 4.96. The molecule has 0 aliphatic rings. The first-order chi connectivity index (χ1) is 8.56. The summed E-state index contributed by atoms with van der Waals surface area (Å²) >= 11 is 3.43. The quantitative estimate of drug-likeness (QED) is 0.919. The average molecular weight is 305 g/mol. The summed E-state index contributed by atoms with van der Waals surface area (Å²) in [5.74, 6) is -0.149. The molecule has 0 aliphatic carbocycles. The van der Waals surface area contributed by atoms with Crippen LogP contribution in [-0.2, 0) is 0 Å². The van der Waals surface area contributed by atoms with Crippen LogP contribution in [0.5, 0.6) is 0 Å². The Kier molecular flexibility index (Phi) is 3.77. The van der Waals surface area contributed by atoms with Gasteiger partial charge in [0.1, 0.15) is 0 Å². The van der Waals surface area contributed by atoms with Crippen molar-refractivity contribution in [3.8, 4) is 0 Å². The van der Waals surface area contributed by atoms with Gasteiger partial charge in [-0.2, -0.15) is 0 Å². The van der Waals surface area contributed by atoms with E-state index in [4.69, 9.17) is 0 Å². The predicted octanol–water partition coefficient (Wildman–Crippen LogP) is 3.71. The van der Waals surface area contributed by atoms with Gasteiger partial charge in [-0.25, -0.2) is 0 Å². The Labute approximate surface area is 114 Å². The number of anilines is 1. The van der Waals surface area contributed by atoms with E-state index >= 15 is 0 Å². The summed E-state index contributed by atoms with van der Waals surface area (Å²) < 4.78 is 1.03. The van der Waals surface area contributed by atoms with Gasteiger partial charge >= 0.3 is 0 Å². The van der Waals surface area contributed by atoms with E-state index < -0.39 is 0 Å². The topological polar surface area (TPSA) is 42.0 Å². The Hall–Kier alpha value is -1.68. The summed E-state index contributed by atoms with van der Waals surface area (Å²) in [5, 5.41) is 2.85. The van der Waals surface area contributed by atoms with Gasteiger partial charge in [-0.1, -0.05) is 15.9 Å². The van der Waals surface area contributed by atoms with Crippen LogP contribution in [0.15, 0.2) is 41.0 Å². The average Bonchev–Trinajstić information content (AvgIpc) is 2.34. The number of benzene rings is 1. The van der Waals surface area contributed by atoms with Crippen LogP contribution in [0.1, 0.15) is 21.6 Å². The molecule has 1 heterocycles. The molecule has 0 fully saturated rings. The first kappa shape index (κ1) is 12.8. The number of halogens is 1. The molecule has 0 bridgehead atoms. The molecular weight excluding hydrogens is 292 g/mol. The minimum atomic E-state index is -0.149. The molecule has 2 aromatic rings. The molecule has 1 amide bonds. The number of aromatic nitrogens is 1. The fourth-order valence-corrected chi connectivity index (χ4v) is 1.77. The maximum Gasteiger partial charge on any atom is 0.257 e. The maximum absolute atomic E-state index is 12.0. The summed E-state index contributed by atoms with van der Waals surface area (Å²) in [6, 6.07) is 9.28. The molecule has 3 nitrogen and oxygen atoms in total. The fourth-order valence-electron chi connectivity index (χ4n) is 1.53. The van der Waals surface area contributed by atoms with Crippen molar-refractivity contribution in [3.05, 3.63) is 57.8 Å². The van der Waals surface area contributed by atoms with Gasteiger partial charge < -0.3 is 5.32 Å². The van der Waals surface area contributed by atoms with Crippen molar-refractivity contribution >= 4 is 27.5 Å². The van der Waals surface area contributed by atoms with Crippen LogP contribution in [0.3, 0.4) is 0 Å². The highest BCUT2D eigenvalue weighted by Gasteiger charge is 2.06. The lowest BCUT2D eigenvalue weighted by atomic mass is 10.2. The van der Waals surface area contributed by atoms with Gasteiger partial charge in [-0.15, -0.1) is 0 Å². The number of nitrogens with one attached hydrogen (secondary N) is 1. The summed E-state index contributed by atoms with van der Waals surface area (Å²) in [5.41, 5.74) is 3.31. The minimum absolute atomic E-state index is 0.149. The Morgan fingerprint density at radius 1 is 1.22 bits per heavy atom. The molecule has 0 spiro atoms. The molecule has 1 N–H and O–H groups in total. The van der Waals surface area contributed by atoms with Crippen molar-refractivity contribution in [1.82, 2.24) is 4.98 Å². The van der Waals surface area contributed by atoms with E-state index in [1.165, 1.54) is 0 Å². The van der Waals surface area contributed by atoms with E-state index in [-0.39, 0.29) is 5.91 Å². The number of hydrogen-bond donors (Lipinski definition) is 1. The Balaban J connectivity index is 2.16. The molecule has 0 saturated carbocycles. The van der Waals surface area contributed by atoms with E-state index in [9.17, 15) is 4.79 Å². The predicted molar refractivity (Wildman–Crippen MR) is 75.8 cm³/mol. The van der Waals surface area contributed by atoms with Crippen LogP contribution in [0.4, 0.5) is 5.69 Å². The Morgan fingerprint density at radius 3 is 2.61 bits per heavy atom. The molecule has 1 aromatic heterocycles. The van der Waals surface area contributed by atoms with E-state index in [1.807, 2.05) is 38.1 Å². The van der Waals surface area contributed by atoms with Crippen molar-refractivity contribution in [2.24, 2.45) is 0 Å². The molecule has 0 radical (unpaired) electrons. The van der Waals surface area contributed by atoms with Gasteiger partial charge in [0.2, 0.25) is 0 Å². The first-order valence-electron chi connectivity index (χ1n) is 5.56. The molecule has 1 aromatic carbocycles. The number of pyridine rings is 1. The lowest BCUT2D eigenvalue weighted by Crippen LogP contribution is -2.12. The minimum Gasteiger partial charge on any atom is -0.322 e. The third kappa shape index (κ3) is 2.96. The number of amides is 1. The fraction of sp³-hybridized carbons (Fsp3) is 0.143. The van der Waals surface area contributed by atoms with Crippen LogP contribution >= 0.6 is 15.9 Å². The monoisotopic (exact) mass is 304 g/mol. The molecule has 0 saturated heterocycles. The smallest absolute Gasteiger partial charge is 0.257 e. The van der Waals surface area contributed by atoms with E-state index in [1.54, 1.807) is 12.3 Å². The maximum atomic E-state index is 12.0. The molecule has 0 aliphatic heterocycles. The normalized spacial score (nSPS) is 10.2. The number of nitrogens with zero attached hydrogens (tertiary/aromatic N) is 1. The second-order valence-electron chi connectivity index (χ2n) is 4.11. The largest absolute Gasteiger partial charge is 0.322 e. The zero-order chi connectivity index (χ0) is 13.1. The molecule has 92 valence electrons. The van der Waals surface area contributed by atoms with Crippen LogP contribution in [0, 0.1) is 13.8 Å². The van der Waals surface area contributed by atoms with Gasteiger partial charge in [0, 0.05) is 22.1 Å². The van der Waals surface area contributed by atoms with E-state index in [0.29, 0.717) is 5.56 Å². The number of carbonyl (C=O) groups excluding carboxylic acids is 1. The zero-order valence-electron chi connectivity index (χ0n) is 10.2. The van der Waals surface area contributed by atoms with Crippen LogP contribution in [-0.4, -0.2) is 10.9 Å². The van der Waals surface area contributed by atoms with Crippen molar-refractivity contribution in [3.63, 3.8) is 0 Å². The summed E-state index contributed by atoms with van der Waals surface area (Å²) in [7, 11) is 0. The van der Waals surface area contributed by atoms with Gasteiger partial charge in [-0.05, 0) is 49.7 Å². The highest BCUT2D eigenvalue weighted by molar-refractivity contribution is 9.10. The number of carbonyl (C=O) groups is 1. The number of rotatable bonds is 2. The zero-order valence-corrected chi connectivity index (χ0v) is 11.8. The molecule has 0 unspecified atom stereocenters. The number of aryl methyl sites for hydroxylation is 2. The highest BCUT2D eigenvalue weighted by Crippen LogP contribution is 2.20. The summed E-state index contributed by atoms with van der Waals surface area (Å²) in [4.78, 5) is 16.1. The third-order valence-electron chi connectivity index (χ3n) is 2.59.